The highest BCUT2D eigenvalue weighted by Crippen LogP contribution is 2.32. The lowest BCUT2D eigenvalue weighted by molar-refractivity contribution is -0.173. The highest BCUT2D eigenvalue weighted by atomic mass is 19.4. The second-order valence-electron chi connectivity index (χ2n) is 7.92. The number of carbonyl (C=O) groups is 2. The van der Waals surface area contributed by atoms with Gasteiger partial charge in [-0.2, -0.15) is 13.2 Å². The molecule has 8 heteroatoms. The lowest BCUT2D eigenvalue weighted by Gasteiger charge is -2.23. The summed E-state index contributed by atoms with van der Waals surface area (Å²) in [5.41, 5.74) is 2.50. The van der Waals surface area contributed by atoms with Crippen LogP contribution in [0, 0.1) is 6.92 Å². The number of benzene rings is 2. The van der Waals surface area contributed by atoms with Gasteiger partial charge in [-0.05, 0) is 35.6 Å². The average Bonchev–Trinajstić information content (AvgIpc) is 2.64. The highest BCUT2D eigenvalue weighted by molar-refractivity contribution is 5.92. The molecule has 0 radical (unpaired) electrons. The SMILES string of the molecule is Cc1ccc(OCC(=O)Nc2ccccc2CNC(=O)C(F)(F)F)c(C(C)(C)C)c1. The molecule has 5 nitrogen and oxygen atoms in total. The molecule has 0 saturated carbocycles. The molecule has 2 aromatic carbocycles. The maximum absolute atomic E-state index is 12.4. The van der Waals surface area contributed by atoms with Crippen molar-refractivity contribution in [2.45, 2.75) is 45.8 Å². The van der Waals surface area contributed by atoms with Crippen molar-refractivity contribution in [3.63, 3.8) is 0 Å². The van der Waals surface area contributed by atoms with E-state index in [2.05, 4.69) is 5.32 Å². The topological polar surface area (TPSA) is 67.4 Å². The maximum atomic E-state index is 12.4. The Kier molecular flexibility index (Phi) is 7.12. The van der Waals surface area contributed by atoms with Crippen LogP contribution in [0.2, 0.25) is 0 Å². The number of aryl methyl sites for hydroxylation is 1. The smallest absolute Gasteiger partial charge is 0.471 e. The summed E-state index contributed by atoms with van der Waals surface area (Å²) in [6.45, 7) is 7.46. The van der Waals surface area contributed by atoms with Crippen molar-refractivity contribution in [3.8, 4) is 5.75 Å². The van der Waals surface area contributed by atoms with Crippen molar-refractivity contribution in [2.75, 3.05) is 11.9 Å². The van der Waals surface area contributed by atoms with E-state index in [1.165, 1.54) is 6.07 Å². The third kappa shape index (κ3) is 6.50. The highest BCUT2D eigenvalue weighted by Gasteiger charge is 2.38. The van der Waals surface area contributed by atoms with Crippen LogP contribution in [-0.2, 0) is 21.5 Å². The summed E-state index contributed by atoms with van der Waals surface area (Å²) < 4.78 is 42.8. The van der Waals surface area contributed by atoms with Gasteiger partial charge in [-0.1, -0.05) is 56.7 Å². The molecule has 0 fully saturated rings. The Morgan fingerprint density at radius 3 is 2.33 bits per heavy atom. The van der Waals surface area contributed by atoms with Crippen molar-refractivity contribution < 1.29 is 27.5 Å². The lowest BCUT2D eigenvalue weighted by atomic mass is 9.85. The number of hydrogen-bond donors (Lipinski definition) is 2. The van der Waals surface area contributed by atoms with E-state index >= 15 is 0 Å². The second-order valence-corrected chi connectivity index (χ2v) is 7.92. The molecule has 2 rings (SSSR count). The lowest BCUT2D eigenvalue weighted by Crippen LogP contribution is -2.36. The van der Waals surface area contributed by atoms with Gasteiger partial charge < -0.3 is 15.4 Å². The second kappa shape index (κ2) is 9.19. The van der Waals surface area contributed by atoms with Crippen molar-refractivity contribution in [2.24, 2.45) is 0 Å². The first kappa shape index (κ1) is 23.3. The molecule has 0 bridgehead atoms. The van der Waals surface area contributed by atoms with Gasteiger partial charge in [0.15, 0.2) is 6.61 Å². The Morgan fingerprint density at radius 1 is 1.03 bits per heavy atom. The Labute approximate surface area is 173 Å². The number of alkyl halides is 3. The van der Waals surface area contributed by atoms with Crippen LogP contribution in [0.1, 0.15) is 37.5 Å². The fraction of sp³-hybridized carbons (Fsp3) is 0.364. The monoisotopic (exact) mass is 422 g/mol. The van der Waals surface area contributed by atoms with Gasteiger partial charge in [0.05, 0.1) is 0 Å². The molecule has 0 unspecified atom stereocenters. The molecule has 0 spiro atoms. The van der Waals surface area contributed by atoms with Crippen LogP contribution >= 0.6 is 0 Å². The number of para-hydroxylation sites is 1. The molecular formula is C22H25F3N2O3. The largest absolute Gasteiger partial charge is 0.483 e. The van der Waals surface area contributed by atoms with Crippen molar-refractivity contribution in [1.29, 1.82) is 0 Å². The third-order valence-electron chi connectivity index (χ3n) is 4.29. The van der Waals surface area contributed by atoms with Crippen LogP contribution in [0.5, 0.6) is 5.75 Å². The zero-order valence-corrected chi connectivity index (χ0v) is 17.3. The molecule has 0 saturated heterocycles. The fourth-order valence-corrected chi connectivity index (χ4v) is 2.76. The van der Waals surface area contributed by atoms with E-state index in [4.69, 9.17) is 4.74 Å². The van der Waals surface area contributed by atoms with Crippen LogP contribution < -0.4 is 15.4 Å². The summed E-state index contributed by atoms with van der Waals surface area (Å²) >= 11 is 0. The van der Waals surface area contributed by atoms with Crippen molar-refractivity contribution in [3.05, 3.63) is 59.2 Å². The van der Waals surface area contributed by atoms with Crippen LogP contribution in [-0.4, -0.2) is 24.6 Å². The van der Waals surface area contributed by atoms with Gasteiger partial charge >= 0.3 is 12.1 Å². The minimum absolute atomic E-state index is 0.179. The Balaban J connectivity index is 2.04. The number of nitrogens with one attached hydrogen (secondary N) is 2. The number of ether oxygens (including phenoxy) is 1. The van der Waals surface area contributed by atoms with E-state index < -0.39 is 18.0 Å². The van der Waals surface area contributed by atoms with Crippen molar-refractivity contribution >= 4 is 17.5 Å². The predicted molar refractivity (Wildman–Crippen MR) is 108 cm³/mol. The summed E-state index contributed by atoms with van der Waals surface area (Å²) in [5, 5.41) is 4.41. The number of anilines is 1. The first-order valence-electron chi connectivity index (χ1n) is 9.34. The van der Waals surface area contributed by atoms with E-state index in [0.29, 0.717) is 17.0 Å². The summed E-state index contributed by atoms with van der Waals surface area (Å²) in [6, 6.07) is 12.0. The molecular weight excluding hydrogens is 397 g/mol. The molecule has 2 aromatic rings. The zero-order chi connectivity index (χ0) is 22.5. The molecule has 0 aliphatic carbocycles. The first-order valence-corrected chi connectivity index (χ1v) is 9.34. The van der Waals surface area contributed by atoms with Crippen LogP contribution in [0.15, 0.2) is 42.5 Å². The zero-order valence-electron chi connectivity index (χ0n) is 17.3. The quantitative estimate of drug-likeness (QED) is 0.721. The molecule has 0 aromatic heterocycles. The normalized spacial score (nSPS) is 11.7. The van der Waals surface area contributed by atoms with Gasteiger partial charge in [0, 0.05) is 12.2 Å². The average molecular weight is 422 g/mol. The first-order chi connectivity index (χ1) is 13.9. The van der Waals surface area contributed by atoms with Gasteiger partial charge in [-0.25, -0.2) is 0 Å². The van der Waals surface area contributed by atoms with E-state index in [1.807, 2.05) is 45.9 Å². The van der Waals surface area contributed by atoms with Crippen LogP contribution in [0.3, 0.4) is 0 Å². The Hall–Kier alpha value is -3.03. The molecule has 0 heterocycles. The molecule has 0 atom stereocenters. The minimum Gasteiger partial charge on any atom is -0.483 e. The molecule has 162 valence electrons. The van der Waals surface area contributed by atoms with Gasteiger partial charge in [-0.15, -0.1) is 0 Å². The van der Waals surface area contributed by atoms with E-state index in [0.717, 1.165) is 11.1 Å². The summed E-state index contributed by atoms with van der Waals surface area (Å²) in [5.74, 6) is -1.92. The molecule has 0 aliphatic heterocycles. The maximum Gasteiger partial charge on any atom is 0.471 e. The number of rotatable bonds is 6. The van der Waals surface area contributed by atoms with E-state index in [9.17, 15) is 22.8 Å². The van der Waals surface area contributed by atoms with Gasteiger partial charge in [0.2, 0.25) is 0 Å². The van der Waals surface area contributed by atoms with Crippen molar-refractivity contribution in [1.82, 2.24) is 5.32 Å². The van der Waals surface area contributed by atoms with Crippen LogP contribution in [0.25, 0.3) is 0 Å². The van der Waals surface area contributed by atoms with Gasteiger partial charge in [0.25, 0.3) is 5.91 Å². The standard InChI is InChI=1S/C22H25F3N2O3/c1-14-9-10-18(16(11-14)21(2,3)4)30-13-19(28)27-17-8-6-5-7-15(17)12-26-20(29)22(23,24)25/h5-11H,12-13H2,1-4H3,(H,26,29)(H,27,28). The summed E-state index contributed by atoms with van der Waals surface area (Å²) in [4.78, 5) is 23.4. The third-order valence-corrected chi connectivity index (χ3v) is 4.29. The summed E-state index contributed by atoms with van der Waals surface area (Å²) in [6.07, 6.45) is -4.97. The molecule has 30 heavy (non-hydrogen) atoms. The molecule has 0 aliphatic rings. The predicted octanol–water partition coefficient (Wildman–Crippen LogP) is 4.49. The summed E-state index contributed by atoms with van der Waals surface area (Å²) in [7, 11) is 0. The fourth-order valence-electron chi connectivity index (χ4n) is 2.76. The number of halogens is 3. The number of carbonyl (C=O) groups excluding carboxylic acids is 2. The number of amides is 2. The minimum atomic E-state index is -4.97. The molecule has 2 N–H and O–H groups in total. The molecule has 2 amide bonds. The van der Waals surface area contributed by atoms with E-state index in [-0.39, 0.29) is 18.6 Å². The van der Waals surface area contributed by atoms with Gasteiger partial charge in [-0.3, -0.25) is 9.59 Å². The van der Waals surface area contributed by atoms with Crippen LogP contribution in [0.4, 0.5) is 18.9 Å². The Morgan fingerprint density at radius 2 is 1.70 bits per heavy atom. The Bertz CT molecular complexity index is 919. The van der Waals surface area contributed by atoms with E-state index in [1.54, 1.807) is 23.5 Å². The van der Waals surface area contributed by atoms with Gasteiger partial charge in [0.1, 0.15) is 5.75 Å². The number of hydrogen-bond acceptors (Lipinski definition) is 3.